The maximum atomic E-state index is 12.4. The van der Waals surface area contributed by atoms with E-state index in [1.165, 1.54) is 11.3 Å². The molecule has 0 unspecified atom stereocenters. The van der Waals surface area contributed by atoms with Crippen LogP contribution in [0.15, 0.2) is 29.6 Å². The minimum absolute atomic E-state index is 0.0372. The van der Waals surface area contributed by atoms with E-state index >= 15 is 0 Å². The molecule has 1 atom stereocenters. The standard InChI is InChI=1S/C17H21N3O2S/c1-10(2)14(16(22)20-17-18-12(4)9-23-17)19-15(21)13-7-5-6-11(3)8-13/h5-10,14H,1-4H3,(H,19,21)(H,18,20,22)/t14-/m0/s1. The third-order valence-corrected chi connectivity index (χ3v) is 4.24. The van der Waals surface area contributed by atoms with E-state index in [9.17, 15) is 9.59 Å². The first kappa shape index (κ1) is 17.1. The summed E-state index contributed by atoms with van der Waals surface area (Å²) in [6, 6.07) is 6.67. The Morgan fingerprint density at radius 1 is 1.22 bits per heavy atom. The van der Waals surface area contributed by atoms with E-state index in [0.29, 0.717) is 10.7 Å². The number of carbonyl (C=O) groups excluding carboxylic acids is 2. The molecule has 2 rings (SSSR count). The van der Waals surface area contributed by atoms with Crippen LogP contribution in [0.2, 0.25) is 0 Å². The van der Waals surface area contributed by atoms with Crippen LogP contribution in [0.3, 0.4) is 0 Å². The van der Waals surface area contributed by atoms with Crippen molar-refractivity contribution in [1.82, 2.24) is 10.3 Å². The number of benzene rings is 1. The van der Waals surface area contributed by atoms with E-state index in [4.69, 9.17) is 0 Å². The van der Waals surface area contributed by atoms with Crippen molar-refractivity contribution >= 4 is 28.3 Å². The van der Waals surface area contributed by atoms with Gasteiger partial charge in [-0.25, -0.2) is 4.98 Å². The molecule has 6 heteroatoms. The Bertz CT molecular complexity index is 709. The van der Waals surface area contributed by atoms with Crippen molar-refractivity contribution < 1.29 is 9.59 Å². The molecule has 0 aliphatic heterocycles. The van der Waals surface area contributed by atoms with Crippen molar-refractivity contribution in [2.75, 3.05) is 5.32 Å². The van der Waals surface area contributed by atoms with Gasteiger partial charge in [-0.05, 0) is 31.9 Å². The maximum absolute atomic E-state index is 12.4. The summed E-state index contributed by atoms with van der Waals surface area (Å²) in [4.78, 5) is 29.0. The Labute approximate surface area is 140 Å². The molecule has 0 bridgehead atoms. The lowest BCUT2D eigenvalue weighted by Gasteiger charge is -2.21. The van der Waals surface area contributed by atoms with Gasteiger partial charge in [0.15, 0.2) is 5.13 Å². The molecule has 0 saturated heterocycles. The van der Waals surface area contributed by atoms with Crippen molar-refractivity contribution in [3.8, 4) is 0 Å². The molecule has 0 saturated carbocycles. The Hall–Kier alpha value is -2.21. The lowest BCUT2D eigenvalue weighted by molar-refractivity contribution is -0.118. The fourth-order valence-electron chi connectivity index (χ4n) is 2.14. The summed E-state index contributed by atoms with van der Waals surface area (Å²) in [6.45, 7) is 7.58. The van der Waals surface area contributed by atoms with E-state index < -0.39 is 6.04 Å². The molecule has 5 nitrogen and oxygen atoms in total. The second-order valence-corrected chi connectivity index (χ2v) is 6.71. The molecule has 0 radical (unpaired) electrons. The van der Waals surface area contributed by atoms with Gasteiger partial charge in [0.1, 0.15) is 6.04 Å². The van der Waals surface area contributed by atoms with Gasteiger partial charge in [-0.1, -0.05) is 31.5 Å². The first-order valence-electron chi connectivity index (χ1n) is 7.47. The molecule has 1 heterocycles. The van der Waals surface area contributed by atoms with Crippen molar-refractivity contribution in [3.63, 3.8) is 0 Å². The summed E-state index contributed by atoms with van der Waals surface area (Å²) in [5.41, 5.74) is 2.41. The number of aryl methyl sites for hydroxylation is 2. The molecule has 23 heavy (non-hydrogen) atoms. The number of anilines is 1. The molecule has 0 fully saturated rings. The van der Waals surface area contributed by atoms with Crippen molar-refractivity contribution in [2.45, 2.75) is 33.7 Å². The number of hydrogen-bond acceptors (Lipinski definition) is 4. The molecule has 122 valence electrons. The fraction of sp³-hybridized carbons (Fsp3) is 0.353. The Morgan fingerprint density at radius 3 is 2.52 bits per heavy atom. The van der Waals surface area contributed by atoms with Gasteiger partial charge in [0, 0.05) is 10.9 Å². The zero-order chi connectivity index (χ0) is 17.0. The topological polar surface area (TPSA) is 71.1 Å². The minimum atomic E-state index is -0.618. The van der Waals surface area contributed by atoms with E-state index in [2.05, 4.69) is 15.6 Å². The molecule has 2 aromatic rings. The zero-order valence-corrected chi connectivity index (χ0v) is 14.5. The second kappa shape index (κ2) is 7.37. The van der Waals surface area contributed by atoms with E-state index in [1.807, 2.05) is 45.2 Å². The number of aromatic nitrogens is 1. The molecule has 0 aliphatic rings. The van der Waals surface area contributed by atoms with Crippen LogP contribution in [0.1, 0.15) is 35.5 Å². The Morgan fingerprint density at radius 2 is 1.96 bits per heavy atom. The quantitative estimate of drug-likeness (QED) is 0.884. The molecule has 0 aliphatic carbocycles. The number of hydrogen-bond donors (Lipinski definition) is 2. The van der Waals surface area contributed by atoms with Crippen molar-refractivity contribution in [1.29, 1.82) is 0 Å². The first-order valence-corrected chi connectivity index (χ1v) is 8.35. The third-order valence-electron chi connectivity index (χ3n) is 3.37. The number of nitrogens with zero attached hydrogens (tertiary/aromatic N) is 1. The monoisotopic (exact) mass is 331 g/mol. The summed E-state index contributed by atoms with van der Waals surface area (Å²) < 4.78 is 0. The van der Waals surface area contributed by atoms with Gasteiger partial charge in [0.25, 0.3) is 5.91 Å². The van der Waals surface area contributed by atoms with Gasteiger partial charge in [0.05, 0.1) is 5.69 Å². The largest absolute Gasteiger partial charge is 0.340 e. The lowest BCUT2D eigenvalue weighted by Crippen LogP contribution is -2.47. The van der Waals surface area contributed by atoms with Crippen LogP contribution >= 0.6 is 11.3 Å². The number of rotatable bonds is 5. The van der Waals surface area contributed by atoms with Crippen LogP contribution in [0.5, 0.6) is 0 Å². The van der Waals surface area contributed by atoms with Crippen LogP contribution in [0, 0.1) is 19.8 Å². The van der Waals surface area contributed by atoms with E-state index in [-0.39, 0.29) is 17.7 Å². The van der Waals surface area contributed by atoms with Gasteiger partial charge in [-0.2, -0.15) is 0 Å². The second-order valence-electron chi connectivity index (χ2n) is 5.85. The molecule has 1 aromatic heterocycles. The third kappa shape index (κ3) is 4.63. The highest BCUT2D eigenvalue weighted by Gasteiger charge is 2.25. The Balaban J connectivity index is 2.09. The van der Waals surface area contributed by atoms with Gasteiger partial charge >= 0.3 is 0 Å². The molecule has 2 amide bonds. The first-order chi connectivity index (χ1) is 10.9. The van der Waals surface area contributed by atoms with Gasteiger partial charge in [0.2, 0.25) is 5.91 Å². The summed E-state index contributed by atoms with van der Waals surface area (Å²) in [6.07, 6.45) is 0. The van der Waals surface area contributed by atoms with Crippen LogP contribution in [0.4, 0.5) is 5.13 Å². The summed E-state index contributed by atoms with van der Waals surface area (Å²) in [5.74, 6) is -0.543. The van der Waals surface area contributed by atoms with Crippen LogP contribution in [-0.4, -0.2) is 22.8 Å². The highest BCUT2D eigenvalue weighted by atomic mass is 32.1. The predicted molar refractivity (Wildman–Crippen MR) is 92.8 cm³/mol. The normalized spacial score (nSPS) is 12.0. The fourth-order valence-corrected chi connectivity index (χ4v) is 2.83. The summed E-state index contributed by atoms with van der Waals surface area (Å²) >= 11 is 1.37. The Kier molecular flexibility index (Phi) is 5.50. The summed E-state index contributed by atoms with van der Waals surface area (Å²) in [7, 11) is 0. The smallest absolute Gasteiger partial charge is 0.251 e. The van der Waals surface area contributed by atoms with Crippen LogP contribution in [0.25, 0.3) is 0 Å². The average Bonchev–Trinajstić information content (AvgIpc) is 2.89. The number of nitrogens with one attached hydrogen (secondary N) is 2. The maximum Gasteiger partial charge on any atom is 0.251 e. The molecular weight excluding hydrogens is 310 g/mol. The van der Waals surface area contributed by atoms with Crippen LogP contribution in [-0.2, 0) is 4.79 Å². The molecule has 2 N–H and O–H groups in total. The highest BCUT2D eigenvalue weighted by Crippen LogP contribution is 2.16. The zero-order valence-electron chi connectivity index (χ0n) is 13.7. The molecular formula is C17H21N3O2S. The predicted octanol–water partition coefficient (Wildman–Crippen LogP) is 3.15. The minimum Gasteiger partial charge on any atom is -0.340 e. The number of amides is 2. The van der Waals surface area contributed by atoms with Crippen LogP contribution < -0.4 is 10.6 Å². The number of thiazole rings is 1. The van der Waals surface area contributed by atoms with Gasteiger partial charge < -0.3 is 10.6 Å². The SMILES string of the molecule is Cc1cccc(C(=O)N[C@H](C(=O)Nc2nc(C)cs2)C(C)C)c1. The van der Waals surface area contributed by atoms with Crippen molar-refractivity contribution in [2.24, 2.45) is 5.92 Å². The highest BCUT2D eigenvalue weighted by molar-refractivity contribution is 7.13. The van der Waals surface area contributed by atoms with E-state index in [0.717, 1.165) is 11.3 Å². The molecule has 1 aromatic carbocycles. The van der Waals surface area contributed by atoms with Crippen molar-refractivity contribution in [3.05, 3.63) is 46.5 Å². The summed E-state index contributed by atoms with van der Waals surface area (Å²) in [5, 5.41) is 7.99. The van der Waals surface area contributed by atoms with Gasteiger partial charge in [-0.3, -0.25) is 9.59 Å². The van der Waals surface area contributed by atoms with E-state index in [1.54, 1.807) is 12.1 Å². The number of carbonyl (C=O) groups is 2. The molecule has 0 spiro atoms. The van der Waals surface area contributed by atoms with Gasteiger partial charge in [-0.15, -0.1) is 11.3 Å². The average molecular weight is 331 g/mol. The lowest BCUT2D eigenvalue weighted by atomic mass is 10.0.